The molecule has 3 heterocycles. The summed E-state index contributed by atoms with van der Waals surface area (Å²) < 4.78 is 0. The summed E-state index contributed by atoms with van der Waals surface area (Å²) in [7, 11) is 0. The summed E-state index contributed by atoms with van der Waals surface area (Å²) in [6, 6.07) is 11.2. The Morgan fingerprint density at radius 1 is 1.06 bits per heavy atom. The molecule has 0 bridgehead atoms. The number of rotatable bonds is 5. The van der Waals surface area contributed by atoms with E-state index in [2.05, 4.69) is 47.5 Å². The van der Waals surface area contributed by atoms with Crippen molar-refractivity contribution in [3.8, 4) is 0 Å². The van der Waals surface area contributed by atoms with Gasteiger partial charge in [-0.1, -0.05) is 31.2 Å². The molecule has 2 aromatic rings. The molecule has 5 nitrogen and oxygen atoms in total. The van der Waals surface area contributed by atoms with Gasteiger partial charge in [-0.05, 0) is 48.4 Å². The molecule has 0 N–H and O–H groups in total. The van der Waals surface area contributed by atoms with Gasteiger partial charge in [-0.3, -0.25) is 14.5 Å². The quantitative estimate of drug-likeness (QED) is 0.711. The summed E-state index contributed by atoms with van der Waals surface area (Å²) in [5.41, 5.74) is 4.04. The predicted octanol–water partition coefficient (Wildman–Crippen LogP) is 3.86. The van der Waals surface area contributed by atoms with Crippen molar-refractivity contribution in [1.29, 1.82) is 0 Å². The van der Waals surface area contributed by atoms with Gasteiger partial charge in [0, 0.05) is 56.5 Å². The molecular formula is C25H33N3O2S. The highest BCUT2D eigenvalue weighted by atomic mass is 32.1. The van der Waals surface area contributed by atoms with Gasteiger partial charge in [0.2, 0.25) is 11.8 Å². The fraction of sp³-hybridized carbons (Fsp3) is 0.520. The van der Waals surface area contributed by atoms with Crippen molar-refractivity contribution in [1.82, 2.24) is 14.7 Å². The molecule has 0 spiro atoms. The highest BCUT2D eigenvalue weighted by Gasteiger charge is 2.32. The normalized spacial score (nSPS) is 21.8. The van der Waals surface area contributed by atoms with Crippen LogP contribution in [0, 0.1) is 6.92 Å². The number of hydrogen-bond acceptors (Lipinski definition) is 4. The number of fused-ring (bicyclic) bond motifs is 1. The lowest BCUT2D eigenvalue weighted by Crippen LogP contribution is -2.55. The summed E-state index contributed by atoms with van der Waals surface area (Å²) in [6.45, 7) is 9.79. The topological polar surface area (TPSA) is 43.9 Å². The van der Waals surface area contributed by atoms with Crippen molar-refractivity contribution < 1.29 is 9.59 Å². The Kier molecular flexibility index (Phi) is 6.77. The molecule has 4 rings (SSSR count). The van der Waals surface area contributed by atoms with Gasteiger partial charge in [-0.25, -0.2) is 0 Å². The lowest BCUT2D eigenvalue weighted by Gasteiger charge is -2.41. The zero-order valence-electron chi connectivity index (χ0n) is 18.8. The first-order chi connectivity index (χ1) is 15.0. The van der Waals surface area contributed by atoms with Gasteiger partial charge in [0.15, 0.2) is 0 Å². The molecule has 31 heavy (non-hydrogen) atoms. The minimum atomic E-state index is 0.0909. The zero-order chi connectivity index (χ0) is 22.0. The maximum Gasteiger partial charge on any atom is 0.223 e. The zero-order valence-corrected chi connectivity index (χ0v) is 19.7. The van der Waals surface area contributed by atoms with E-state index in [4.69, 9.17) is 0 Å². The van der Waals surface area contributed by atoms with Gasteiger partial charge in [0.1, 0.15) is 0 Å². The average Bonchev–Trinajstić information content (AvgIpc) is 3.26. The second kappa shape index (κ2) is 9.53. The highest BCUT2D eigenvalue weighted by molar-refractivity contribution is 7.10. The molecule has 166 valence electrons. The van der Waals surface area contributed by atoms with Crippen LogP contribution in [0.1, 0.15) is 54.3 Å². The maximum atomic E-state index is 13.0. The molecule has 2 amide bonds. The van der Waals surface area contributed by atoms with Crippen molar-refractivity contribution in [2.45, 2.75) is 52.1 Å². The van der Waals surface area contributed by atoms with Gasteiger partial charge in [0.25, 0.3) is 0 Å². The fourth-order valence-corrected chi connectivity index (χ4v) is 5.93. The van der Waals surface area contributed by atoms with Crippen molar-refractivity contribution >= 4 is 23.2 Å². The Balaban J connectivity index is 1.43. The Morgan fingerprint density at radius 2 is 1.87 bits per heavy atom. The van der Waals surface area contributed by atoms with E-state index in [0.717, 1.165) is 19.5 Å². The number of aryl methyl sites for hydroxylation is 1. The number of benzene rings is 1. The van der Waals surface area contributed by atoms with Crippen molar-refractivity contribution in [3.05, 3.63) is 57.3 Å². The van der Waals surface area contributed by atoms with Crippen molar-refractivity contribution in [2.75, 3.05) is 32.7 Å². The first-order valence-electron chi connectivity index (χ1n) is 11.4. The number of nitrogens with zero attached hydrogens (tertiary/aromatic N) is 3. The van der Waals surface area contributed by atoms with Crippen LogP contribution in [-0.4, -0.2) is 65.3 Å². The molecule has 1 aromatic heterocycles. The van der Waals surface area contributed by atoms with Crippen LogP contribution >= 0.6 is 11.3 Å². The highest BCUT2D eigenvalue weighted by Crippen LogP contribution is 2.38. The lowest BCUT2D eigenvalue weighted by molar-refractivity contribution is -0.142. The summed E-state index contributed by atoms with van der Waals surface area (Å²) in [6.07, 6.45) is 2.10. The molecule has 1 aromatic carbocycles. The third-order valence-electron chi connectivity index (χ3n) is 6.76. The number of thiophene rings is 1. The smallest absolute Gasteiger partial charge is 0.223 e. The number of piperazine rings is 1. The van der Waals surface area contributed by atoms with Crippen LogP contribution in [0.15, 0.2) is 35.7 Å². The van der Waals surface area contributed by atoms with E-state index in [1.165, 1.54) is 21.6 Å². The molecule has 1 fully saturated rings. The summed E-state index contributed by atoms with van der Waals surface area (Å²) in [5.74, 6) is 0.385. The van der Waals surface area contributed by atoms with Crippen LogP contribution in [-0.2, 0) is 16.0 Å². The summed E-state index contributed by atoms with van der Waals surface area (Å²) >= 11 is 1.85. The minimum Gasteiger partial charge on any atom is -0.339 e. The molecule has 2 aliphatic heterocycles. The van der Waals surface area contributed by atoms with E-state index in [1.54, 1.807) is 0 Å². The molecule has 0 radical (unpaired) electrons. The van der Waals surface area contributed by atoms with Crippen LogP contribution in [0.2, 0.25) is 0 Å². The van der Waals surface area contributed by atoms with Crippen LogP contribution in [0.4, 0.5) is 0 Å². The van der Waals surface area contributed by atoms with Crippen LogP contribution in [0.3, 0.4) is 0 Å². The molecule has 2 atom stereocenters. The molecule has 2 aliphatic rings. The van der Waals surface area contributed by atoms with E-state index in [0.29, 0.717) is 32.5 Å². The predicted molar refractivity (Wildman–Crippen MR) is 125 cm³/mol. The molecule has 6 heteroatoms. The van der Waals surface area contributed by atoms with Gasteiger partial charge < -0.3 is 9.80 Å². The number of amides is 2. The first kappa shape index (κ1) is 22.0. The second-order valence-electron chi connectivity index (χ2n) is 8.72. The fourth-order valence-electron chi connectivity index (χ4n) is 5.02. The molecular weight excluding hydrogens is 406 g/mol. The third-order valence-corrected chi connectivity index (χ3v) is 7.76. The molecule has 1 saturated heterocycles. The number of carbonyl (C=O) groups excluding carboxylic acids is 2. The van der Waals surface area contributed by atoms with Crippen molar-refractivity contribution in [2.24, 2.45) is 0 Å². The van der Waals surface area contributed by atoms with E-state index in [1.807, 2.05) is 35.0 Å². The van der Waals surface area contributed by atoms with Crippen LogP contribution < -0.4 is 0 Å². The Bertz CT molecular complexity index is 940. The minimum absolute atomic E-state index is 0.0909. The summed E-state index contributed by atoms with van der Waals surface area (Å²) in [4.78, 5) is 32.9. The largest absolute Gasteiger partial charge is 0.339 e. The number of hydrogen-bond donors (Lipinski definition) is 0. The molecule has 2 unspecified atom stereocenters. The number of carbonyl (C=O) groups is 2. The Morgan fingerprint density at radius 3 is 2.61 bits per heavy atom. The SMILES string of the molecule is CCC(=O)N1CCN(C(=O)CCN2CCc3sccc3C2c2ccccc2C)CC1C. The maximum absolute atomic E-state index is 13.0. The molecule has 0 aliphatic carbocycles. The first-order valence-corrected chi connectivity index (χ1v) is 12.3. The van der Waals surface area contributed by atoms with E-state index < -0.39 is 0 Å². The second-order valence-corrected chi connectivity index (χ2v) is 9.72. The average molecular weight is 440 g/mol. The Labute approximate surface area is 189 Å². The van der Waals surface area contributed by atoms with E-state index in [9.17, 15) is 9.59 Å². The van der Waals surface area contributed by atoms with Gasteiger partial charge >= 0.3 is 0 Å². The monoisotopic (exact) mass is 439 g/mol. The van der Waals surface area contributed by atoms with Crippen LogP contribution in [0.5, 0.6) is 0 Å². The molecule has 0 saturated carbocycles. The van der Waals surface area contributed by atoms with Crippen molar-refractivity contribution in [3.63, 3.8) is 0 Å². The van der Waals surface area contributed by atoms with Gasteiger partial charge in [-0.15, -0.1) is 11.3 Å². The third kappa shape index (κ3) is 4.55. The van der Waals surface area contributed by atoms with Gasteiger partial charge in [0.05, 0.1) is 6.04 Å². The van der Waals surface area contributed by atoms with E-state index >= 15 is 0 Å². The Hall–Kier alpha value is -2.18. The standard InChI is InChI=1S/C25H33N3O2S/c1-4-23(29)28-15-14-27(17-19(28)3)24(30)10-13-26-12-9-22-21(11-16-31-22)25(26)20-8-6-5-7-18(20)2/h5-8,11,16,19,25H,4,9-10,12-15,17H2,1-3H3. The van der Waals surface area contributed by atoms with Crippen LogP contribution in [0.25, 0.3) is 0 Å². The van der Waals surface area contributed by atoms with Gasteiger partial charge in [-0.2, -0.15) is 0 Å². The lowest BCUT2D eigenvalue weighted by atomic mass is 9.90. The summed E-state index contributed by atoms with van der Waals surface area (Å²) in [5, 5.41) is 2.20. The van der Waals surface area contributed by atoms with E-state index in [-0.39, 0.29) is 23.9 Å².